The van der Waals surface area contributed by atoms with E-state index in [2.05, 4.69) is 12.2 Å². The normalized spacial score (nSPS) is 19.2. The van der Waals surface area contributed by atoms with Crippen LogP contribution in [0.4, 0.5) is 5.69 Å². The van der Waals surface area contributed by atoms with E-state index in [-0.39, 0.29) is 28.2 Å². The van der Waals surface area contributed by atoms with E-state index in [1.54, 1.807) is 53.1 Å². The minimum absolute atomic E-state index is 0.00169. The zero-order valence-corrected chi connectivity index (χ0v) is 21.6. The second kappa shape index (κ2) is 10.5. The number of piperidine rings is 1. The average Bonchev–Trinajstić information content (AvgIpc) is 2.90. The minimum atomic E-state index is -3.71. The fourth-order valence-corrected chi connectivity index (χ4v) is 6.71. The third kappa shape index (κ3) is 5.33. The summed E-state index contributed by atoms with van der Waals surface area (Å²) in [5, 5.41) is 2.82. The molecule has 0 saturated carbocycles. The molecule has 194 valence electrons. The molecule has 2 bridgehead atoms. The fraction of sp³-hybridized carbons (Fsp3) is 0.357. The number of amides is 1. The number of benzene rings is 2. The van der Waals surface area contributed by atoms with Crippen molar-refractivity contribution in [3.8, 4) is 5.75 Å². The molecule has 0 aliphatic carbocycles. The Kier molecular flexibility index (Phi) is 7.17. The van der Waals surface area contributed by atoms with Crippen LogP contribution >= 0.6 is 0 Å². The number of pyridine rings is 1. The van der Waals surface area contributed by atoms with Crippen LogP contribution in [0.25, 0.3) is 0 Å². The van der Waals surface area contributed by atoms with Gasteiger partial charge in [-0.2, -0.15) is 4.31 Å². The van der Waals surface area contributed by atoms with Crippen LogP contribution in [0.15, 0.2) is 76.4 Å². The van der Waals surface area contributed by atoms with Crippen LogP contribution in [0.5, 0.6) is 5.75 Å². The van der Waals surface area contributed by atoms with Crippen LogP contribution < -0.4 is 15.6 Å². The van der Waals surface area contributed by atoms with Gasteiger partial charge in [0.2, 0.25) is 10.0 Å². The summed E-state index contributed by atoms with van der Waals surface area (Å²) in [6.45, 7) is 4.01. The number of unbranched alkanes of at least 4 members (excludes halogenated alkanes) is 1. The average molecular weight is 522 g/mol. The Morgan fingerprint density at radius 1 is 1.00 bits per heavy atom. The third-order valence-electron chi connectivity index (χ3n) is 7.08. The molecule has 37 heavy (non-hydrogen) atoms. The first-order chi connectivity index (χ1) is 17.8. The number of sulfonamides is 1. The van der Waals surface area contributed by atoms with E-state index in [1.165, 1.54) is 16.4 Å². The van der Waals surface area contributed by atoms with Crippen molar-refractivity contribution in [2.24, 2.45) is 5.92 Å². The van der Waals surface area contributed by atoms with E-state index in [4.69, 9.17) is 4.74 Å². The number of ether oxygens (including phenoxy) is 1. The Bertz CT molecular complexity index is 1430. The number of nitrogens with zero attached hydrogens (tertiary/aromatic N) is 2. The van der Waals surface area contributed by atoms with Crippen LogP contribution in [0.3, 0.4) is 0 Å². The minimum Gasteiger partial charge on any atom is -0.494 e. The lowest BCUT2D eigenvalue weighted by Crippen LogP contribution is -2.48. The highest BCUT2D eigenvalue weighted by Gasteiger charge is 2.39. The predicted molar refractivity (Wildman–Crippen MR) is 142 cm³/mol. The van der Waals surface area contributed by atoms with Crippen molar-refractivity contribution in [1.29, 1.82) is 0 Å². The van der Waals surface area contributed by atoms with Crippen LogP contribution in [-0.4, -0.2) is 42.9 Å². The van der Waals surface area contributed by atoms with Crippen molar-refractivity contribution in [3.63, 3.8) is 0 Å². The molecule has 2 aromatic carbocycles. The number of aromatic nitrogens is 1. The maximum atomic E-state index is 13.4. The topological polar surface area (TPSA) is 97.7 Å². The van der Waals surface area contributed by atoms with E-state index in [0.717, 1.165) is 30.7 Å². The largest absolute Gasteiger partial charge is 0.494 e. The van der Waals surface area contributed by atoms with Crippen LogP contribution in [0.1, 0.15) is 48.2 Å². The van der Waals surface area contributed by atoms with Gasteiger partial charge in [-0.3, -0.25) is 9.59 Å². The maximum absolute atomic E-state index is 13.4. The first-order valence-corrected chi connectivity index (χ1v) is 14.1. The van der Waals surface area contributed by atoms with Crippen molar-refractivity contribution in [2.75, 3.05) is 25.0 Å². The van der Waals surface area contributed by atoms with E-state index >= 15 is 0 Å². The van der Waals surface area contributed by atoms with Gasteiger partial charge in [-0.05, 0) is 73.4 Å². The van der Waals surface area contributed by atoms with E-state index in [9.17, 15) is 18.0 Å². The SMILES string of the molecule is CCCCOc1ccc(C(=O)Nc2ccc(S(=O)(=O)N3CC4CC(C3)c3cccc(=O)n3C4)cc2)cc1. The lowest BCUT2D eigenvalue weighted by molar-refractivity contribution is 0.102. The number of nitrogens with one attached hydrogen (secondary N) is 1. The molecule has 0 spiro atoms. The van der Waals surface area contributed by atoms with Crippen LogP contribution in [-0.2, 0) is 16.6 Å². The number of fused-ring (bicyclic) bond motifs is 4. The summed E-state index contributed by atoms with van der Waals surface area (Å²) >= 11 is 0. The third-order valence-corrected chi connectivity index (χ3v) is 8.93. The highest BCUT2D eigenvalue weighted by atomic mass is 32.2. The number of hydrogen-bond acceptors (Lipinski definition) is 5. The van der Waals surface area contributed by atoms with Gasteiger partial charge in [-0.15, -0.1) is 0 Å². The van der Waals surface area contributed by atoms with Gasteiger partial charge < -0.3 is 14.6 Å². The molecule has 9 heteroatoms. The Hall–Kier alpha value is -3.43. The molecule has 3 heterocycles. The lowest BCUT2D eigenvalue weighted by Gasteiger charge is -2.42. The van der Waals surface area contributed by atoms with Gasteiger partial charge in [0.25, 0.3) is 11.5 Å². The summed E-state index contributed by atoms with van der Waals surface area (Å²) in [6.07, 6.45) is 2.91. The van der Waals surface area contributed by atoms with Gasteiger partial charge in [-0.1, -0.05) is 19.4 Å². The zero-order chi connectivity index (χ0) is 26.0. The predicted octanol–water partition coefficient (Wildman–Crippen LogP) is 4.09. The van der Waals surface area contributed by atoms with Gasteiger partial charge in [0.05, 0.1) is 11.5 Å². The quantitative estimate of drug-likeness (QED) is 0.451. The molecule has 1 fully saturated rings. The van der Waals surface area contributed by atoms with Gasteiger partial charge in [0, 0.05) is 48.6 Å². The van der Waals surface area contributed by atoms with E-state index < -0.39 is 10.0 Å². The molecule has 2 unspecified atom stereocenters. The van der Waals surface area contributed by atoms with Crippen LogP contribution in [0, 0.1) is 5.92 Å². The molecule has 2 aliphatic heterocycles. The first-order valence-electron chi connectivity index (χ1n) is 12.7. The van der Waals surface area contributed by atoms with Gasteiger partial charge >= 0.3 is 0 Å². The summed E-state index contributed by atoms with van der Waals surface area (Å²) in [5.41, 5.74) is 1.87. The highest BCUT2D eigenvalue weighted by molar-refractivity contribution is 7.89. The molecule has 1 saturated heterocycles. The van der Waals surface area contributed by atoms with Crippen molar-refractivity contribution < 1.29 is 17.9 Å². The fourth-order valence-electron chi connectivity index (χ4n) is 5.15. The Morgan fingerprint density at radius 2 is 1.76 bits per heavy atom. The molecular weight excluding hydrogens is 490 g/mol. The van der Waals surface area contributed by atoms with Gasteiger partial charge in [0.15, 0.2) is 0 Å². The number of rotatable bonds is 8. The second-order valence-electron chi connectivity index (χ2n) is 9.73. The summed E-state index contributed by atoms with van der Waals surface area (Å²) in [5.74, 6) is 0.534. The Morgan fingerprint density at radius 3 is 2.49 bits per heavy atom. The Labute approximate surface area is 216 Å². The summed E-state index contributed by atoms with van der Waals surface area (Å²) in [7, 11) is -3.71. The van der Waals surface area contributed by atoms with Crippen molar-refractivity contribution in [1.82, 2.24) is 8.87 Å². The zero-order valence-electron chi connectivity index (χ0n) is 20.8. The van der Waals surface area contributed by atoms with E-state index in [0.29, 0.717) is 37.5 Å². The highest BCUT2D eigenvalue weighted by Crippen LogP contribution is 2.37. The molecule has 8 nitrogen and oxygen atoms in total. The number of carbonyl (C=O) groups excluding carboxylic acids is 1. The first kappa shape index (κ1) is 25.2. The summed E-state index contributed by atoms with van der Waals surface area (Å²) in [6, 6.07) is 18.4. The molecule has 1 amide bonds. The summed E-state index contributed by atoms with van der Waals surface area (Å²) in [4.78, 5) is 25.1. The molecule has 0 radical (unpaired) electrons. The monoisotopic (exact) mass is 521 g/mol. The molecule has 3 aromatic rings. The number of carbonyl (C=O) groups is 1. The molecule has 1 aromatic heterocycles. The van der Waals surface area contributed by atoms with Gasteiger partial charge in [0.1, 0.15) is 5.75 Å². The summed E-state index contributed by atoms with van der Waals surface area (Å²) < 4.78 is 35.8. The molecule has 5 rings (SSSR count). The van der Waals surface area contributed by atoms with Crippen molar-refractivity contribution in [2.45, 2.75) is 43.5 Å². The molecule has 1 N–H and O–H groups in total. The standard InChI is InChI=1S/C28H31N3O5S/c1-2-3-15-36-24-11-7-21(8-12-24)28(33)29-23-9-13-25(14-10-23)37(34,35)30-17-20-16-22(19-30)26-5-4-6-27(32)31(26)18-20/h4-14,20,22H,2-3,15-19H2,1H3,(H,29,33). The molecule has 2 atom stereocenters. The van der Waals surface area contributed by atoms with Gasteiger partial charge in [-0.25, -0.2) is 8.42 Å². The van der Waals surface area contributed by atoms with Crippen molar-refractivity contribution >= 4 is 21.6 Å². The number of anilines is 1. The Balaban J connectivity index is 1.25. The molecular formula is C28H31N3O5S. The lowest BCUT2D eigenvalue weighted by atomic mass is 9.84. The smallest absolute Gasteiger partial charge is 0.255 e. The van der Waals surface area contributed by atoms with E-state index in [1.807, 2.05) is 6.07 Å². The molecule has 2 aliphatic rings. The number of hydrogen-bond donors (Lipinski definition) is 1. The second-order valence-corrected chi connectivity index (χ2v) is 11.7. The van der Waals surface area contributed by atoms with Crippen LogP contribution in [0.2, 0.25) is 0 Å². The maximum Gasteiger partial charge on any atom is 0.255 e. The van der Waals surface area contributed by atoms with Crippen molar-refractivity contribution in [3.05, 3.63) is 88.3 Å².